The van der Waals surface area contributed by atoms with Gasteiger partial charge in [-0.25, -0.2) is 0 Å². The fraction of sp³-hybridized carbons (Fsp3) is 0.250. The average Bonchev–Trinajstić information content (AvgIpc) is 2.60. The van der Waals surface area contributed by atoms with Gasteiger partial charge in [-0.15, -0.1) is 0 Å². The van der Waals surface area contributed by atoms with Crippen LogP contribution in [0.1, 0.15) is 40.9 Å². The van der Waals surface area contributed by atoms with Crippen LogP contribution < -0.4 is 10.5 Å². The number of aromatic hydroxyl groups is 1. The van der Waals surface area contributed by atoms with Crippen LogP contribution in [-0.2, 0) is 12.8 Å². The van der Waals surface area contributed by atoms with E-state index in [1.165, 1.54) is 6.08 Å². The summed E-state index contributed by atoms with van der Waals surface area (Å²) in [6, 6.07) is 8.66. The smallest absolute Gasteiger partial charge is 0.185 e. The largest absolute Gasteiger partial charge is 0.507 e. The van der Waals surface area contributed by atoms with Gasteiger partial charge >= 0.3 is 0 Å². The molecule has 0 bridgehead atoms. The molecular formula is C20H23NO3. The van der Waals surface area contributed by atoms with E-state index in [0.717, 1.165) is 16.7 Å². The lowest BCUT2D eigenvalue weighted by Gasteiger charge is -2.15. The van der Waals surface area contributed by atoms with Gasteiger partial charge in [0.25, 0.3) is 0 Å². The summed E-state index contributed by atoms with van der Waals surface area (Å²) >= 11 is 0. The monoisotopic (exact) mass is 325 g/mol. The molecule has 0 radical (unpaired) electrons. The van der Waals surface area contributed by atoms with Crippen molar-refractivity contribution in [2.45, 2.75) is 26.7 Å². The highest BCUT2D eigenvalue weighted by molar-refractivity contribution is 6.07. The summed E-state index contributed by atoms with van der Waals surface area (Å²) in [5, 5.41) is 10.3. The lowest BCUT2D eigenvalue weighted by atomic mass is 9.98. The van der Waals surface area contributed by atoms with Crippen molar-refractivity contribution in [1.82, 2.24) is 0 Å². The highest BCUT2D eigenvalue weighted by atomic mass is 16.5. The van der Waals surface area contributed by atoms with Gasteiger partial charge in [-0.3, -0.25) is 4.79 Å². The molecule has 0 aromatic heterocycles. The van der Waals surface area contributed by atoms with Crippen LogP contribution in [-0.4, -0.2) is 18.0 Å². The molecule has 2 aromatic carbocycles. The molecule has 0 amide bonds. The minimum atomic E-state index is -0.110. The molecule has 0 saturated carbocycles. The van der Waals surface area contributed by atoms with Crippen molar-refractivity contribution in [2.75, 3.05) is 12.8 Å². The first kappa shape index (κ1) is 17.6. The van der Waals surface area contributed by atoms with Gasteiger partial charge < -0.3 is 15.6 Å². The summed E-state index contributed by atoms with van der Waals surface area (Å²) in [4.78, 5) is 12.3. The van der Waals surface area contributed by atoms with E-state index in [9.17, 15) is 9.90 Å². The van der Waals surface area contributed by atoms with Gasteiger partial charge in [-0.2, -0.15) is 0 Å². The fourth-order valence-electron chi connectivity index (χ4n) is 2.67. The third-order valence-corrected chi connectivity index (χ3v) is 4.00. The standard InChI is InChI=1S/C20H23NO3/c1-4-13-12-15(20(24-3)17(5-2)19(13)23)8-11-18(22)14-6-9-16(21)10-7-14/h6-12,23H,4-5,21H2,1-3H3/b11-8+. The zero-order valence-electron chi connectivity index (χ0n) is 14.3. The van der Waals surface area contributed by atoms with E-state index in [0.29, 0.717) is 29.8 Å². The second-order valence-corrected chi connectivity index (χ2v) is 5.51. The van der Waals surface area contributed by atoms with Gasteiger partial charge in [0.15, 0.2) is 5.78 Å². The van der Waals surface area contributed by atoms with E-state index in [1.54, 1.807) is 37.5 Å². The molecule has 0 saturated heterocycles. The molecule has 0 aliphatic rings. The topological polar surface area (TPSA) is 72.6 Å². The molecule has 0 fully saturated rings. The number of methoxy groups -OCH3 is 1. The minimum Gasteiger partial charge on any atom is -0.507 e. The number of hydrogen-bond acceptors (Lipinski definition) is 4. The number of phenols is 1. The van der Waals surface area contributed by atoms with Crippen molar-refractivity contribution in [3.05, 3.63) is 58.7 Å². The summed E-state index contributed by atoms with van der Waals surface area (Å²) < 4.78 is 5.46. The molecule has 4 heteroatoms. The predicted octanol–water partition coefficient (Wildman–Crippen LogP) is 4.00. The van der Waals surface area contributed by atoms with Gasteiger partial charge in [0.1, 0.15) is 11.5 Å². The van der Waals surface area contributed by atoms with Crippen LogP contribution >= 0.6 is 0 Å². The molecular weight excluding hydrogens is 302 g/mol. The molecule has 0 aliphatic heterocycles. The number of aryl methyl sites for hydroxylation is 1. The van der Waals surface area contributed by atoms with Crippen molar-refractivity contribution in [3.63, 3.8) is 0 Å². The molecule has 0 unspecified atom stereocenters. The van der Waals surface area contributed by atoms with E-state index >= 15 is 0 Å². The van der Waals surface area contributed by atoms with Gasteiger partial charge in [0.2, 0.25) is 0 Å². The number of benzene rings is 2. The average molecular weight is 325 g/mol. The van der Waals surface area contributed by atoms with Gasteiger partial charge in [0.05, 0.1) is 7.11 Å². The maximum atomic E-state index is 12.3. The Balaban J connectivity index is 2.40. The van der Waals surface area contributed by atoms with Crippen LogP contribution in [0.5, 0.6) is 11.5 Å². The molecule has 126 valence electrons. The number of ether oxygens (including phenoxy) is 1. The Bertz CT molecular complexity index is 761. The molecule has 0 aliphatic carbocycles. The van der Waals surface area contributed by atoms with E-state index in [2.05, 4.69) is 0 Å². The number of allylic oxidation sites excluding steroid dienone is 1. The van der Waals surface area contributed by atoms with Crippen molar-refractivity contribution < 1.29 is 14.6 Å². The van der Waals surface area contributed by atoms with E-state index < -0.39 is 0 Å². The van der Waals surface area contributed by atoms with Crippen molar-refractivity contribution in [3.8, 4) is 11.5 Å². The Morgan fingerprint density at radius 2 is 1.88 bits per heavy atom. The Hall–Kier alpha value is -2.75. The van der Waals surface area contributed by atoms with Crippen LogP contribution in [0.25, 0.3) is 6.08 Å². The summed E-state index contributed by atoms with van der Waals surface area (Å²) in [6.07, 6.45) is 4.60. The van der Waals surface area contributed by atoms with Gasteiger partial charge in [-0.05, 0) is 60.9 Å². The molecule has 2 aromatic rings. The minimum absolute atomic E-state index is 0.110. The molecule has 0 heterocycles. The molecule has 0 spiro atoms. The van der Waals surface area contributed by atoms with Crippen LogP contribution in [0.4, 0.5) is 5.69 Å². The number of hydrogen-bond donors (Lipinski definition) is 2. The maximum absolute atomic E-state index is 12.3. The number of phenolic OH excluding ortho intramolecular Hbond substituents is 1. The Morgan fingerprint density at radius 3 is 2.42 bits per heavy atom. The van der Waals surface area contributed by atoms with E-state index in [4.69, 9.17) is 10.5 Å². The van der Waals surface area contributed by atoms with E-state index in [-0.39, 0.29) is 11.5 Å². The zero-order chi connectivity index (χ0) is 17.7. The molecule has 24 heavy (non-hydrogen) atoms. The normalized spacial score (nSPS) is 11.0. The number of nitrogen functional groups attached to an aromatic ring is 1. The SMILES string of the molecule is CCc1cc(/C=C/C(=O)c2ccc(N)cc2)c(OC)c(CC)c1O. The zero-order valence-corrected chi connectivity index (χ0v) is 14.3. The van der Waals surface area contributed by atoms with E-state index in [1.807, 2.05) is 19.9 Å². The predicted molar refractivity (Wildman–Crippen MR) is 97.6 cm³/mol. The first-order valence-corrected chi connectivity index (χ1v) is 8.01. The number of rotatable bonds is 6. The van der Waals surface area contributed by atoms with Crippen LogP contribution in [0, 0.1) is 0 Å². The third-order valence-electron chi connectivity index (χ3n) is 4.00. The van der Waals surface area contributed by atoms with Gasteiger partial charge in [-0.1, -0.05) is 13.8 Å². The van der Waals surface area contributed by atoms with Crippen LogP contribution in [0.15, 0.2) is 36.4 Å². The number of carbonyl (C=O) groups excluding carboxylic acids is 1. The van der Waals surface area contributed by atoms with Crippen LogP contribution in [0.2, 0.25) is 0 Å². The van der Waals surface area contributed by atoms with Crippen molar-refractivity contribution in [2.24, 2.45) is 0 Å². The molecule has 4 nitrogen and oxygen atoms in total. The quantitative estimate of drug-likeness (QED) is 0.478. The first-order chi connectivity index (χ1) is 11.5. The second-order valence-electron chi connectivity index (χ2n) is 5.51. The molecule has 2 rings (SSSR count). The Labute approximate surface area is 142 Å². The third kappa shape index (κ3) is 3.59. The molecule has 3 N–H and O–H groups in total. The maximum Gasteiger partial charge on any atom is 0.185 e. The first-order valence-electron chi connectivity index (χ1n) is 8.01. The van der Waals surface area contributed by atoms with Crippen molar-refractivity contribution in [1.29, 1.82) is 0 Å². The number of anilines is 1. The lowest BCUT2D eigenvalue weighted by molar-refractivity contribution is 0.104. The highest BCUT2D eigenvalue weighted by Gasteiger charge is 2.15. The summed E-state index contributed by atoms with van der Waals surface area (Å²) in [5.74, 6) is 0.772. The Kier molecular flexibility index (Phi) is 5.64. The highest BCUT2D eigenvalue weighted by Crippen LogP contribution is 2.36. The fourth-order valence-corrected chi connectivity index (χ4v) is 2.67. The second kappa shape index (κ2) is 7.68. The lowest BCUT2D eigenvalue weighted by Crippen LogP contribution is -1.99. The summed E-state index contributed by atoms with van der Waals surface area (Å²) in [5.41, 5.74) is 9.22. The summed E-state index contributed by atoms with van der Waals surface area (Å²) in [6.45, 7) is 3.94. The Morgan fingerprint density at radius 1 is 1.21 bits per heavy atom. The van der Waals surface area contributed by atoms with Gasteiger partial charge in [0, 0.05) is 22.4 Å². The number of nitrogens with two attached hydrogens (primary N) is 1. The number of carbonyl (C=O) groups is 1. The number of ketones is 1. The molecule has 0 atom stereocenters. The van der Waals surface area contributed by atoms with Crippen LogP contribution in [0.3, 0.4) is 0 Å². The van der Waals surface area contributed by atoms with Crippen molar-refractivity contribution >= 4 is 17.5 Å². The summed E-state index contributed by atoms with van der Waals surface area (Å²) in [7, 11) is 1.57.